The number of nitrogens with one attached hydrogen (secondary N) is 2. The molecule has 2 aliphatic rings. The Morgan fingerprint density at radius 3 is 2.39 bits per heavy atom. The summed E-state index contributed by atoms with van der Waals surface area (Å²) in [6, 6.07) is 0.185. The van der Waals surface area contributed by atoms with Gasteiger partial charge in [-0.15, -0.1) is 0 Å². The van der Waals surface area contributed by atoms with Crippen molar-refractivity contribution in [2.75, 3.05) is 13.1 Å². The van der Waals surface area contributed by atoms with E-state index >= 15 is 0 Å². The molecule has 5 nitrogen and oxygen atoms in total. The minimum Gasteiger partial charge on any atom is -0.354 e. The lowest BCUT2D eigenvalue weighted by atomic mass is 10.00. The number of carbonyl (C=O) groups is 2. The predicted octanol–water partition coefficient (Wildman–Crippen LogP) is 0.146. The molecule has 18 heavy (non-hydrogen) atoms. The molecule has 4 N–H and O–H groups in total. The van der Waals surface area contributed by atoms with Gasteiger partial charge in [-0.05, 0) is 31.6 Å². The summed E-state index contributed by atoms with van der Waals surface area (Å²) in [6.45, 7) is 1.04. The highest BCUT2D eigenvalue weighted by Gasteiger charge is 2.29. The average Bonchev–Trinajstić information content (AvgIpc) is 3.11. The summed E-state index contributed by atoms with van der Waals surface area (Å²) < 4.78 is 0. The highest BCUT2D eigenvalue weighted by Crippen LogP contribution is 2.28. The van der Waals surface area contributed by atoms with Crippen molar-refractivity contribution in [2.24, 2.45) is 17.6 Å². The predicted molar refractivity (Wildman–Crippen MR) is 68.7 cm³/mol. The van der Waals surface area contributed by atoms with Gasteiger partial charge >= 0.3 is 0 Å². The van der Waals surface area contributed by atoms with Gasteiger partial charge in [-0.3, -0.25) is 9.59 Å². The van der Waals surface area contributed by atoms with E-state index in [9.17, 15) is 9.59 Å². The first-order valence-electron chi connectivity index (χ1n) is 6.97. The minimum absolute atomic E-state index is 0.0537. The molecule has 102 valence electrons. The summed E-state index contributed by atoms with van der Waals surface area (Å²) in [7, 11) is 0. The summed E-state index contributed by atoms with van der Waals surface area (Å²) in [5.41, 5.74) is 5.93. The smallest absolute Gasteiger partial charge is 0.223 e. The zero-order valence-corrected chi connectivity index (χ0v) is 10.8. The molecule has 2 rings (SSSR count). The molecule has 2 atom stereocenters. The standard InChI is InChI=1S/C13H23N3O2/c14-11-3-1-2-10(11)8-12(17)15-6-7-16-13(18)9-4-5-9/h9-11H,1-8,14H2,(H,15,17)(H,16,18)/t10-,11+/m0/s1. The first kappa shape index (κ1) is 13.3. The molecule has 0 spiro atoms. The summed E-state index contributed by atoms with van der Waals surface area (Å²) in [4.78, 5) is 23.0. The van der Waals surface area contributed by atoms with E-state index in [1.165, 1.54) is 0 Å². The molecular formula is C13H23N3O2. The Morgan fingerprint density at radius 1 is 1.06 bits per heavy atom. The van der Waals surface area contributed by atoms with Crippen molar-refractivity contribution in [3.05, 3.63) is 0 Å². The van der Waals surface area contributed by atoms with Crippen LogP contribution >= 0.6 is 0 Å². The van der Waals surface area contributed by atoms with Crippen LogP contribution in [0.15, 0.2) is 0 Å². The molecule has 5 heteroatoms. The van der Waals surface area contributed by atoms with Crippen molar-refractivity contribution in [3.63, 3.8) is 0 Å². The van der Waals surface area contributed by atoms with Crippen LogP contribution in [0.2, 0.25) is 0 Å². The second-order valence-electron chi connectivity index (χ2n) is 5.47. The van der Waals surface area contributed by atoms with Gasteiger partial charge in [0.25, 0.3) is 0 Å². The van der Waals surface area contributed by atoms with E-state index in [2.05, 4.69) is 10.6 Å². The van der Waals surface area contributed by atoms with Crippen LogP contribution in [0.5, 0.6) is 0 Å². The second-order valence-corrected chi connectivity index (χ2v) is 5.47. The van der Waals surface area contributed by atoms with Crippen molar-refractivity contribution >= 4 is 11.8 Å². The summed E-state index contributed by atoms with van der Waals surface area (Å²) in [5.74, 6) is 0.753. The largest absolute Gasteiger partial charge is 0.354 e. The lowest BCUT2D eigenvalue weighted by Crippen LogP contribution is -2.37. The topological polar surface area (TPSA) is 84.2 Å². The molecule has 0 bridgehead atoms. The SMILES string of the molecule is N[C@@H]1CCC[C@H]1CC(=O)NCCNC(=O)C1CC1. The minimum atomic E-state index is 0.0537. The van der Waals surface area contributed by atoms with Crippen molar-refractivity contribution in [1.29, 1.82) is 0 Å². The van der Waals surface area contributed by atoms with Gasteiger partial charge in [0, 0.05) is 31.5 Å². The number of amides is 2. The highest BCUT2D eigenvalue weighted by molar-refractivity contribution is 5.81. The molecule has 0 radical (unpaired) electrons. The lowest BCUT2D eigenvalue weighted by molar-refractivity contribution is -0.124. The summed E-state index contributed by atoms with van der Waals surface area (Å²) in [6.07, 6.45) is 5.78. The molecule has 0 aromatic heterocycles. The van der Waals surface area contributed by atoms with Crippen LogP contribution in [0.4, 0.5) is 0 Å². The maximum absolute atomic E-state index is 11.7. The Hall–Kier alpha value is -1.10. The van der Waals surface area contributed by atoms with Gasteiger partial charge < -0.3 is 16.4 Å². The van der Waals surface area contributed by atoms with Crippen LogP contribution in [0, 0.1) is 11.8 Å². The van der Waals surface area contributed by atoms with E-state index in [1.54, 1.807) is 0 Å². The zero-order valence-electron chi connectivity index (χ0n) is 10.8. The van der Waals surface area contributed by atoms with Crippen molar-refractivity contribution in [2.45, 2.75) is 44.6 Å². The fourth-order valence-corrected chi connectivity index (χ4v) is 2.51. The molecule has 2 amide bonds. The third-order valence-electron chi connectivity index (χ3n) is 3.86. The maximum atomic E-state index is 11.7. The average molecular weight is 253 g/mol. The molecular weight excluding hydrogens is 230 g/mol. The number of rotatable bonds is 6. The van der Waals surface area contributed by atoms with Gasteiger partial charge in [0.2, 0.25) is 11.8 Å². The third-order valence-corrected chi connectivity index (χ3v) is 3.86. The van der Waals surface area contributed by atoms with Gasteiger partial charge in [0.05, 0.1) is 0 Å². The van der Waals surface area contributed by atoms with E-state index in [4.69, 9.17) is 5.73 Å². The summed E-state index contributed by atoms with van der Waals surface area (Å²) >= 11 is 0. The fourth-order valence-electron chi connectivity index (χ4n) is 2.51. The second kappa shape index (κ2) is 6.18. The van der Waals surface area contributed by atoms with E-state index in [-0.39, 0.29) is 23.8 Å². The molecule has 2 saturated carbocycles. The monoisotopic (exact) mass is 253 g/mol. The lowest BCUT2D eigenvalue weighted by Gasteiger charge is -2.14. The van der Waals surface area contributed by atoms with Crippen LogP contribution < -0.4 is 16.4 Å². The van der Waals surface area contributed by atoms with Crippen LogP contribution in [0.25, 0.3) is 0 Å². The molecule has 2 aliphatic carbocycles. The molecule has 0 unspecified atom stereocenters. The van der Waals surface area contributed by atoms with Gasteiger partial charge in [-0.25, -0.2) is 0 Å². The Kier molecular flexibility index (Phi) is 4.58. The van der Waals surface area contributed by atoms with Gasteiger partial charge in [0.1, 0.15) is 0 Å². The van der Waals surface area contributed by atoms with E-state index in [0.717, 1.165) is 32.1 Å². The Balaban J connectivity index is 1.52. The Morgan fingerprint density at radius 2 is 1.78 bits per heavy atom. The van der Waals surface area contributed by atoms with Crippen LogP contribution in [0.1, 0.15) is 38.5 Å². The Bertz CT molecular complexity index is 315. The number of carbonyl (C=O) groups excluding carboxylic acids is 2. The first-order valence-corrected chi connectivity index (χ1v) is 6.97. The molecule has 0 aromatic rings. The summed E-state index contributed by atoms with van der Waals surface area (Å²) in [5, 5.41) is 5.66. The van der Waals surface area contributed by atoms with Crippen LogP contribution in [-0.2, 0) is 9.59 Å². The highest BCUT2D eigenvalue weighted by atomic mass is 16.2. The fraction of sp³-hybridized carbons (Fsp3) is 0.846. The molecule has 2 fully saturated rings. The van der Waals surface area contributed by atoms with Gasteiger partial charge in [-0.2, -0.15) is 0 Å². The number of hydrogen-bond donors (Lipinski definition) is 3. The van der Waals surface area contributed by atoms with E-state index in [0.29, 0.717) is 25.4 Å². The maximum Gasteiger partial charge on any atom is 0.223 e. The van der Waals surface area contributed by atoms with Crippen molar-refractivity contribution in [1.82, 2.24) is 10.6 Å². The number of hydrogen-bond acceptors (Lipinski definition) is 3. The quantitative estimate of drug-likeness (QED) is 0.589. The molecule has 0 heterocycles. The van der Waals surface area contributed by atoms with Crippen molar-refractivity contribution < 1.29 is 9.59 Å². The van der Waals surface area contributed by atoms with E-state index in [1.807, 2.05) is 0 Å². The third kappa shape index (κ3) is 3.98. The first-order chi connectivity index (χ1) is 8.66. The number of nitrogens with two attached hydrogens (primary N) is 1. The van der Waals surface area contributed by atoms with E-state index < -0.39 is 0 Å². The van der Waals surface area contributed by atoms with Crippen LogP contribution in [0.3, 0.4) is 0 Å². The molecule has 0 aliphatic heterocycles. The molecule has 0 aromatic carbocycles. The van der Waals surface area contributed by atoms with Crippen molar-refractivity contribution in [3.8, 4) is 0 Å². The van der Waals surface area contributed by atoms with Gasteiger partial charge in [0.15, 0.2) is 0 Å². The van der Waals surface area contributed by atoms with Gasteiger partial charge in [-0.1, -0.05) is 6.42 Å². The Labute approximate surface area is 108 Å². The molecule has 0 saturated heterocycles. The van der Waals surface area contributed by atoms with Crippen LogP contribution in [-0.4, -0.2) is 30.9 Å². The normalized spacial score (nSPS) is 26.9. The zero-order chi connectivity index (χ0) is 13.0.